The zero-order valence-corrected chi connectivity index (χ0v) is 11.0. The zero-order valence-electron chi connectivity index (χ0n) is 9.42. The minimum absolute atomic E-state index is 0.0322. The largest absolute Gasteiger partial charge is 0.394 e. The van der Waals surface area contributed by atoms with Crippen LogP contribution in [0.4, 0.5) is 5.69 Å². The number of aliphatic hydroxyl groups excluding tert-OH is 1. The lowest BCUT2D eigenvalue weighted by Gasteiger charge is -2.29. The summed E-state index contributed by atoms with van der Waals surface area (Å²) in [5.74, 6) is 0. The number of nitrogens with one attached hydrogen (secondary N) is 1. The van der Waals surface area contributed by atoms with E-state index in [-0.39, 0.29) is 12.1 Å². The van der Waals surface area contributed by atoms with Crippen LogP contribution in [-0.2, 0) is 0 Å². The molecule has 0 aromatic heterocycles. The zero-order chi connectivity index (χ0) is 12.2. The molecule has 0 amide bonds. The first-order valence-corrected chi connectivity index (χ1v) is 5.92. The molecule has 0 aliphatic rings. The van der Waals surface area contributed by atoms with Gasteiger partial charge in [-0.15, -0.1) is 0 Å². The molecular weight excluding hydrogens is 268 g/mol. The second kappa shape index (κ2) is 5.33. The van der Waals surface area contributed by atoms with E-state index in [0.717, 1.165) is 16.6 Å². The van der Waals surface area contributed by atoms with Crippen molar-refractivity contribution in [2.75, 3.05) is 11.9 Å². The van der Waals surface area contributed by atoms with E-state index in [4.69, 9.17) is 5.26 Å². The molecule has 16 heavy (non-hydrogen) atoms. The molecule has 1 rings (SSSR count). The molecular formula is C12H15BrN2O. The maximum absolute atomic E-state index is 9.31. The van der Waals surface area contributed by atoms with Crippen molar-refractivity contribution in [3.8, 4) is 6.07 Å². The maximum atomic E-state index is 9.31. The van der Waals surface area contributed by atoms with E-state index in [1.807, 2.05) is 26.0 Å². The van der Waals surface area contributed by atoms with Crippen molar-refractivity contribution in [2.45, 2.75) is 25.8 Å². The highest BCUT2D eigenvalue weighted by molar-refractivity contribution is 9.10. The van der Waals surface area contributed by atoms with Crippen molar-refractivity contribution in [1.29, 1.82) is 5.26 Å². The molecule has 0 radical (unpaired) electrons. The highest BCUT2D eigenvalue weighted by Gasteiger charge is 2.21. The average molecular weight is 283 g/mol. The molecule has 1 atom stereocenters. The molecule has 86 valence electrons. The summed E-state index contributed by atoms with van der Waals surface area (Å²) in [6, 6.07) is 7.60. The fourth-order valence-electron chi connectivity index (χ4n) is 1.28. The molecule has 0 bridgehead atoms. The molecule has 1 aromatic rings. The summed E-state index contributed by atoms with van der Waals surface area (Å²) < 4.78 is 0.872. The van der Waals surface area contributed by atoms with Crippen LogP contribution in [0, 0.1) is 11.3 Å². The lowest BCUT2D eigenvalue weighted by atomic mass is 9.99. The molecule has 0 fully saturated rings. The molecule has 1 unspecified atom stereocenters. The van der Waals surface area contributed by atoms with E-state index in [1.165, 1.54) is 0 Å². The van der Waals surface area contributed by atoms with Gasteiger partial charge in [0.25, 0.3) is 0 Å². The van der Waals surface area contributed by atoms with E-state index >= 15 is 0 Å². The summed E-state index contributed by atoms with van der Waals surface area (Å²) in [6.45, 7) is 3.95. The van der Waals surface area contributed by atoms with Gasteiger partial charge in [-0.3, -0.25) is 0 Å². The van der Waals surface area contributed by atoms with Crippen molar-refractivity contribution >= 4 is 21.6 Å². The number of rotatable bonds is 4. The van der Waals surface area contributed by atoms with Gasteiger partial charge in [-0.1, -0.05) is 22.9 Å². The molecule has 2 N–H and O–H groups in total. The maximum Gasteiger partial charge on any atom is 0.101 e. The van der Waals surface area contributed by atoms with Crippen LogP contribution >= 0.6 is 15.9 Å². The Kier molecular flexibility index (Phi) is 4.34. The van der Waals surface area contributed by atoms with Gasteiger partial charge in [0.2, 0.25) is 0 Å². The highest BCUT2D eigenvalue weighted by Crippen LogP contribution is 2.24. The van der Waals surface area contributed by atoms with Gasteiger partial charge in [0.05, 0.1) is 23.4 Å². The predicted octanol–water partition coefficient (Wildman–Crippen LogP) is 2.89. The number of benzene rings is 1. The Bertz CT molecular complexity index is 408. The van der Waals surface area contributed by atoms with Crippen LogP contribution < -0.4 is 5.32 Å². The van der Waals surface area contributed by atoms with Crippen LogP contribution in [-0.4, -0.2) is 17.3 Å². The third-order valence-electron chi connectivity index (χ3n) is 2.67. The van der Waals surface area contributed by atoms with Gasteiger partial charge >= 0.3 is 0 Å². The fourth-order valence-corrected chi connectivity index (χ4v) is 1.64. The van der Waals surface area contributed by atoms with Gasteiger partial charge in [-0.2, -0.15) is 5.26 Å². The Labute approximate surface area is 104 Å². The summed E-state index contributed by atoms with van der Waals surface area (Å²) in [6.07, 6.45) is 0.782. The number of hydrogen-bond donors (Lipinski definition) is 2. The first-order chi connectivity index (χ1) is 7.54. The van der Waals surface area contributed by atoms with Gasteiger partial charge in [0.15, 0.2) is 0 Å². The first kappa shape index (κ1) is 13.0. The number of anilines is 1. The van der Waals surface area contributed by atoms with Crippen LogP contribution in [0.5, 0.6) is 0 Å². The van der Waals surface area contributed by atoms with Crippen LogP contribution in [0.1, 0.15) is 25.8 Å². The summed E-state index contributed by atoms with van der Waals surface area (Å²) in [5, 5.41) is 21.5. The number of halogens is 1. The standard InChI is InChI=1S/C12H15BrN2O/c1-3-12(2,8-16)15-11-5-4-10(13)6-9(11)7-14/h4-6,15-16H,3,8H2,1-2H3. The third kappa shape index (κ3) is 2.97. The van der Waals surface area contributed by atoms with Crippen LogP contribution in [0.25, 0.3) is 0 Å². The van der Waals surface area contributed by atoms with Crippen molar-refractivity contribution in [3.05, 3.63) is 28.2 Å². The summed E-state index contributed by atoms with van der Waals surface area (Å²) in [7, 11) is 0. The molecule has 0 aliphatic carbocycles. The Morgan fingerprint density at radius 2 is 2.25 bits per heavy atom. The third-order valence-corrected chi connectivity index (χ3v) is 3.16. The second-order valence-corrected chi connectivity index (χ2v) is 4.91. The molecule has 1 aromatic carbocycles. The quantitative estimate of drug-likeness (QED) is 0.893. The predicted molar refractivity (Wildman–Crippen MR) is 68.3 cm³/mol. The number of hydrogen-bond acceptors (Lipinski definition) is 3. The van der Waals surface area contributed by atoms with Crippen molar-refractivity contribution in [3.63, 3.8) is 0 Å². The molecule has 3 nitrogen and oxygen atoms in total. The normalized spacial score (nSPS) is 13.9. The van der Waals surface area contributed by atoms with Crippen LogP contribution in [0.2, 0.25) is 0 Å². The summed E-state index contributed by atoms with van der Waals surface area (Å²) in [5.41, 5.74) is 0.936. The van der Waals surface area contributed by atoms with E-state index in [0.29, 0.717) is 5.56 Å². The number of nitrogens with zero attached hydrogens (tertiary/aromatic N) is 1. The van der Waals surface area contributed by atoms with Gasteiger partial charge in [0, 0.05) is 4.47 Å². The Morgan fingerprint density at radius 1 is 1.56 bits per heavy atom. The average Bonchev–Trinajstić information content (AvgIpc) is 2.31. The van der Waals surface area contributed by atoms with Crippen LogP contribution in [0.15, 0.2) is 22.7 Å². The summed E-state index contributed by atoms with van der Waals surface area (Å²) in [4.78, 5) is 0. The molecule has 0 saturated carbocycles. The van der Waals surface area contributed by atoms with E-state index in [9.17, 15) is 5.11 Å². The molecule has 0 heterocycles. The minimum Gasteiger partial charge on any atom is -0.394 e. The van der Waals surface area contributed by atoms with Crippen LogP contribution in [0.3, 0.4) is 0 Å². The van der Waals surface area contributed by atoms with Gasteiger partial charge in [-0.05, 0) is 31.5 Å². The van der Waals surface area contributed by atoms with Gasteiger partial charge in [0.1, 0.15) is 6.07 Å². The summed E-state index contributed by atoms with van der Waals surface area (Å²) >= 11 is 3.32. The molecule has 0 aliphatic heterocycles. The number of aliphatic hydroxyl groups is 1. The van der Waals surface area contributed by atoms with Crippen molar-refractivity contribution < 1.29 is 5.11 Å². The van der Waals surface area contributed by atoms with Gasteiger partial charge < -0.3 is 10.4 Å². The van der Waals surface area contributed by atoms with Crippen molar-refractivity contribution in [2.24, 2.45) is 0 Å². The Morgan fingerprint density at radius 3 is 2.75 bits per heavy atom. The first-order valence-electron chi connectivity index (χ1n) is 5.13. The SMILES string of the molecule is CCC(C)(CO)Nc1ccc(Br)cc1C#N. The second-order valence-electron chi connectivity index (χ2n) is 4.00. The smallest absolute Gasteiger partial charge is 0.101 e. The Balaban J connectivity index is 3.02. The van der Waals surface area contributed by atoms with Crippen molar-refractivity contribution in [1.82, 2.24) is 0 Å². The lowest BCUT2D eigenvalue weighted by molar-refractivity contribution is 0.219. The number of nitriles is 1. The molecule has 0 spiro atoms. The Hall–Kier alpha value is -1.05. The monoisotopic (exact) mass is 282 g/mol. The lowest BCUT2D eigenvalue weighted by Crippen LogP contribution is -2.38. The molecule has 4 heteroatoms. The molecule has 0 saturated heterocycles. The van der Waals surface area contributed by atoms with E-state index in [2.05, 4.69) is 27.3 Å². The van der Waals surface area contributed by atoms with Gasteiger partial charge in [-0.25, -0.2) is 0 Å². The highest BCUT2D eigenvalue weighted by atomic mass is 79.9. The fraction of sp³-hybridized carbons (Fsp3) is 0.417. The van der Waals surface area contributed by atoms with E-state index < -0.39 is 0 Å². The topological polar surface area (TPSA) is 56.0 Å². The minimum atomic E-state index is -0.389. The van der Waals surface area contributed by atoms with E-state index in [1.54, 1.807) is 6.07 Å².